The van der Waals surface area contributed by atoms with Gasteiger partial charge in [-0.2, -0.15) is 0 Å². The summed E-state index contributed by atoms with van der Waals surface area (Å²) in [7, 11) is 0. The van der Waals surface area contributed by atoms with Crippen molar-refractivity contribution in [3.05, 3.63) is 29.3 Å². The Morgan fingerprint density at radius 1 is 1.26 bits per heavy atom. The number of aryl methyl sites for hydroxylation is 1. The van der Waals surface area contributed by atoms with Crippen molar-refractivity contribution < 1.29 is 9.47 Å². The van der Waals surface area contributed by atoms with Gasteiger partial charge >= 0.3 is 0 Å². The summed E-state index contributed by atoms with van der Waals surface area (Å²) in [6, 6.07) is 6.78. The third kappa shape index (κ3) is 3.10. The zero-order chi connectivity index (χ0) is 13.2. The monoisotopic (exact) mass is 261 g/mol. The zero-order valence-corrected chi connectivity index (χ0v) is 11.6. The van der Waals surface area contributed by atoms with E-state index < -0.39 is 0 Å². The molecule has 3 heteroatoms. The molecule has 3 rings (SSSR count). The molecular weight excluding hydrogens is 238 g/mol. The predicted molar refractivity (Wildman–Crippen MR) is 75.5 cm³/mol. The Morgan fingerprint density at radius 3 is 2.84 bits per heavy atom. The van der Waals surface area contributed by atoms with Crippen molar-refractivity contribution in [1.82, 2.24) is 0 Å². The van der Waals surface area contributed by atoms with Crippen molar-refractivity contribution in [2.24, 2.45) is 5.73 Å². The fraction of sp³-hybridized carbons (Fsp3) is 0.625. The predicted octanol–water partition coefficient (Wildman–Crippen LogP) is 2.59. The van der Waals surface area contributed by atoms with Crippen LogP contribution in [0.3, 0.4) is 0 Å². The molecule has 2 aliphatic rings. The summed E-state index contributed by atoms with van der Waals surface area (Å²) in [5, 5.41) is 0. The summed E-state index contributed by atoms with van der Waals surface area (Å²) in [5.74, 6) is 1.03. The molecule has 104 valence electrons. The van der Waals surface area contributed by atoms with Gasteiger partial charge in [0, 0.05) is 12.5 Å². The molecule has 1 fully saturated rings. The summed E-state index contributed by atoms with van der Waals surface area (Å²) in [5.41, 5.74) is 8.52. The third-order valence-corrected chi connectivity index (χ3v) is 4.19. The summed E-state index contributed by atoms with van der Waals surface area (Å²) in [4.78, 5) is 0. The van der Waals surface area contributed by atoms with Crippen LogP contribution in [0.5, 0.6) is 5.75 Å². The lowest BCUT2D eigenvalue weighted by Gasteiger charge is -2.27. The van der Waals surface area contributed by atoms with Gasteiger partial charge in [-0.1, -0.05) is 17.7 Å². The maximum atomic E-state index is 6.00. The molecule has 1 atom stereocenters. The van der Waals surface area contributed by atoms with E-state index in [-0.39, 0.29) is 6.10 Å². The first-order valence-electron chi connectivity index (χ1n) is 7.34. The van der Waals surface area contributed by atoms with Gasteiger partial charge in [-0.3, -0.25) is 0 Å². The number of rotatable bonds is 3. The van der Waals surface area contributed by atoms with Crippen LogP contribution in [-0.2, 0) is 11.2 Å². The van der Waals surface area contributed by atoms with E-state index in [0.29, 0.717) is 18.8 Å². The Hall–Kier alpha value is -1.06. The molecular formula is C16H23NO2. The van der Waals surface area contributed by atoms with Crippen molar-refractivity contribution in [3.63, 3.8) is 0 Å². The number of benzene rings is 1. The van der Waals surface area contributed by atoms with Crippen LogP contribution in [-0.4, -0.2) is 24.9 Å². The molecule has 1 aromatic rings. The van der Waals surface area contributed by atoms with E-state index in [1.165, 1.54) is 11.1 Å². The molecule has 3 nitrogen and oxygen atoms in total. The molecule has 0 bridgehead atoms. The second kappa shape index (κ2) is 5.51. The Morgan fingerprint density at radius 2 is 2.05 bits per heavy atom. The molecule has 2 N–H and O–H groups in total. The summed E-state index contributed by atoms with van der Waals surface area (Å²) in [6.45, 7) is 2.82. The highest BCUT2D eigenvalue weighted by atomic mass is 16.5. The van der Waals surface area contributed by atoms with Gasteiger partial charge in [0.2, 0.25) is 0 Å². The molecule has 1 heterocycles. The smallest absolute Gasteiger partial charge is 0.126 e. The molecule has 1 aliphatic carbocycles. The highest BCUT2D eigenvalue weighted by Crippen LogP contribution is 2.30. The van der Waals surface area contributed by atoms with Crippen molar-refractivity contribution in [2.75, 3.05) is 6.61 Å². The van der Waals surface area contributed by atoms with Crippen LogP contribution < -0.4 is 10.5 Å². The molecule has 1 unspecified atom stereocenters. The number of hydrogen-bond donors (Lipinski definition) is 1. The Labute approximate surface area is 115 Å². The quantitative estimate of drug-likeness (QED) is 0.909. The Kier molecular flexibility index (Phi) is 3.76. The van der Waals surface area contributed by atoms with Crippen LogP contribution in [0.2, 0.25) is 0 Å². The maximum absolute atomic E-state index is 6.00. The second-order valence-electron chi connectivity index (χ2n) is 5.93. The van der Waals surface area contributed by atoms with Crippen LogP contribution in [0, 0.1) is 6.92 Å². The molecule has 1 aromatic carbocycles. The lowest BCUT2D eigenvalue weighted by Crippen LogP contribution is -2.32. The minimum Gasteiger partial charge on any atom is -0.487 e. The van der Waals surface area contributed by atoms with Gasteiger partial charge in [0.05, 0.1) is 12.7 Å². The van der Waals surface area contributed by atoms with Gasteiger partial charge in [0.25, 0.3) is 0 Å². The standard InChI is InChI=1S/C16H23NO2/c1-11-2-7-16-12(8-11)9-15(19-16)10-18-14-5-3-13(17)4-6-14/h2,7-8,13-15H,3-6,9-10,17H2,1H3. The summed E-state index contributed by atoms with van der Waals surface area (Å²) < 4.78 is 11.9. The maximum Gasteiger partial charge on any atom is 0.126 e. The molecule has 0 spiro atoms. The largest absolute Gasteiger partial charge is 0.487 e. The molecule has 0 saturated heterocycles. The van der Waals surface area contributed by atoms with E-state index in [0.717, 1.165) is 37.9 Å². The lowest BCUT2D eigenvalue weighted by atomic mass is 9.94. The average Bonchev–Trinajstić information content (AvgIpc) is 2.80. The van der Waals surface area contributed by atoms with Gasteiger partial charge in [-0.05, 0) is 44.2 Å². The Balaban J connectivity index is 1.48. The van der Waals surface area contributed by atoms with E-state index in [4.69, 9.17) is 15.2 Å². The van der Waals surface area contributed by atoms with E-state index in [1.54, 1.807) is 0 Å². The molecule has 0 amide bonds. The highest BCUT2D eigenvalue weighted by Gasteiger charge is 2.25. The number of hydrogen-bond acceptors (Lipinski definition) is 3. The fourth-order valence-corrected chi connectivity index (χ4v) is 3.04. The van der Waals surface area contributed by atoms with Gasteiger partial charge < -0.3 is 15.2 Å². The first-order valence-corrected chi connectivity index (χ1v) is 7.34. The van der Waals surface area contributed by atoms with Crippen LogP contribution in [0.25, 0.3) is 0 Å². The van der Waals surface area contributed by atoms with Gasteiger partial charge in [-0.15, -0.1) is 0 Å². The fourth-order valence-electron chi connectivity index (χ4n) is 3.04. The van der Waals surface area contributed by atoms with Gasteiger partial charge in [0.15, 0.2) is 0 Å². The molecule has 1 aliphatic heterocycles. The normalized spacial score (nSPS) is 29.9. The number of nitrogens with two attached hydrogens (primary N) is 1. The topological polar surface area (TPSA) is 44.5 Å². The van der Waals surface area contributed by atoms with Crippen molar-refractivity contribution in [2.45, 2.75) is 57.3 Å². The van der Waals surface area contributed by atoms with E-state index >= 15 is 0 Å². The van der Waals surface area contributed by atoms with Crippen LogP contribution in [0.4, 0.5) is 0 Å². The number of fused-ring (bicyclic) bond motifs is 1. The molecule has 19 heavy (non-hydrogen) atoms. The van der Waals surface area contributed by atoms with E-state index in [1.807, 2.05) is 0 Å². The Bertz CT molecular complexity index is 438. The van der Waals surface area contributed by atoms with Crippen molar-refractivity contribution >= 4 is 0 Å². The highest BCUT2D eigenvalue weighted by molar-refractivity contribution is 5.40. The van der Waals surface area contributed by atoms with Gasteiger partial charge in [0.1, 0.15) is 11.9 Å². The molecule has 1 saturated carbocycles. The minimum atomic E-state index is 0.187. The van der Waals surface area contributed by atoms with Crippen molar-refractivity contribution in [3.8, 4) is 5.75 Å². The van der Waals surface area contributed by atoms with E-state index in [2.05, 4.69) is 25.1 Å². The lowest BCUT2D eigenvalue weighted by molar-refractivity contribution is -0.0122. The zero-order valence-electron chi connectivity index (χ0n) is 11.6. The molecule has 0 radical (unpaired) electrons. The van der Waals surface area contributed by atoms with Crippen LogP contribution >= 0.6 is 0 Å². The summed E-state index contributed by atoms with van der Waals surface area (Å²) in [6.07, 6.45) is 5.93. The second-order valence-corrected chi connectivity index (χ2v) is 5.93. The first kappa shape index (κ1) is 12.9. The van der Waals surface area contributed by atoms with E-state index in [9.17, 15) is 0 Å². The first-order chi connectivity index (χ1) is 9.20. The minimum absolute atomic E-state index is 0.187. The SMILES string of the molecule is Cc1ccc2c(c1)CC(COC1CCC(N)CC1)O2. The summed E-state index contributed by atoms with van der Waals surface area (Å²) >= 11 is 0. The average molecular weight is 261 g/mol. The molecule has 0 aromatic heterocycles. The number of ether oxygens (including phenoxy) is 2. The van der Waals surface area contributed by atoms with Crippen LogP contribution in [0.15, 0.2) is 18.2 Å². The van der Waals surface area contributed by atoms with Crippen molar-refractivity contribution in [1.29, 1.82) is 0 Å². The van der Waals surface area contributed by atoms with Gasteiger partial charge in [-0.25, -0.2) is 0 Å². The third-order valence-electron chi connectivity index (χ3n) is 4.19. The van der Waals surface area contributed by atoms with Crippen LogP contribution in [0.1, 0.15) is 36.8 Å².